The highest BCUT2D eigenvalue weighted by molar-refractivity contribution is 5.82. The van der Waals surface area contributed by atoms with Crippen molar-refractivity contribution < 1.29 is 9.53 Å². The van der Waals surface area contributed by atoms with E-state index < -0.39 is 0 Å². The smallest absolute Gasteiger partial charge is 0.223 e. The molecule has 2 aromatic heterocycles. The van der Waals surface area contributed by atoms with Gasteiger partial charge >= 0.3 is 0 Å². The molecule has 2 aromatic rings. The first-order valence-electron chi connectivity index (χ1n) is 9.46. The summed E-state index contributed by atoms with van der Waals surface area (Å²) in [6.45, 7) is 2.72. The number of aromatic nitrogens is 4. The number of nitrogens with one attached hydrogen (secondary N) is 1. The van der Waals surface area contributed by atoms with Crippen LogP contribution in [-0.4, -0.2) is 62.7 Å². The first-order valence-corrected chi connectivity index (χ1v) is 9.46. The summed E-state index contributed by atoms with van der Waals surface area (Å²) in [5.74, 6) is 1.34. The van der Waals surface area contributed by atoms with Crippen molar-refractivity contribution in [2.24, 2.45) is 13.0 Å². The van der Waals surface area contributed by atoms with Crippen LogP contribution in [0.2, 0.25) is 0 Å². The lowest BCUT2D eigenvalue weighted by Gasteiger charge is -2.34. The average molecular weight is 358 g/mol. The fourth-order valence-corrected chi connectivity index (χ4v) is 4.03. The number of rotatable bonds is 4. The molecule has 4 rings (SSSR count). The lowest BCUT2D eigenvalue weighted by atomic mass is 9.82. The standard InChI is InChI=1S/C18H26N6O2/c1-23-12-21-16-17(19-11-20-18(16)23)22-14-5-3-2-4-13(14)10-15(25)24-6-8-26-9-7-24/h11-14H,2-10H2,1H3,(H,19,20,22)/t13-,14-/m0/s1. The van der Waals surface area contributed by atoms with Crippen molar-refractivity contribution in [1.82, 2.24) is 24.4 Å². The van der Waals surface area contributed by atoms with Crippen LogP contribution in [0.5, 0.6) is 0 Å². The zero-order chi connectivity index (χ0) is 17.9. The molecule has 0 spiro atoms. The van der Waals surface area contributed by atoms with E-state index >= 15 is 0 Å². The highest BCUT2D eigenvalue weighted by Crippen LogP contribution is 2.31. The van der Waals surface area contributed by atoms with Crippen LogP contribution in [0.1, 0.15) is 32.1 Å². The molecule has 0 unspecified atom stereocenters. The Morgan fingerprint density at radius 2 is 2.04 bits per heavy atom. The van der Waals surface area contributed by atoms with Gasteiger partial charge in [0.2, 0.25) is 5.91 Å². The Kier molecular flexibility index (Phi) is 5.01. The molecule has 8 nitrogen and oxygen atoms in total. The number of fused-ring (bicyclic) bond motifs is 1. The van der Waals surface area contributed by atoms with Gasteiger partial charge in [-0.2, -0.15) is 0 Å². The summed E-state index contributed by atoms with van der Waals surface area (Å²) in [4.78, 5) is 27.8. The van der Waals surface area contributed by atoms with Crippen LogP contribution in [-0.2, 0) is 16.6 Å². The van der Waals surface area contributed by atoms with Gasteiger partial charge in [0.05, 0.1) is 19.5 Å². The Balaban J connectivity index is 1.47. The van der Waals surface area contributed by atoms with Gasteiger partial charge in [-0.3, -0.25) is 4.79 Å². The third kappa shape index (κ3) is 3.51. The number of ether oxygens (including phenoxy) is 1. The quantitative estimate of drug-likeness (QED) is 0.893. The van der Waals surface area contributed by atoms with Gasteiger partial charge in [-0.15, -0.1) is 0 Å². The number of nitrogens with zero attached hydrogens (tertiary/aromatic N) is 5. The van der Waals surface area contributed by atoms with E-state index in [0.717, 1.165) is 29.8 Å². The van der Waals surface area contributed by atoms with E-state index in [1.807, 2.05) is 16.5 Å². The van der Waals surface area contributed by atoms with Crippen LogP contribution < -0.4 is 5.32 Å². The molecule has 1 N–H and O–H groups in total. The van der Waals surface area contributed by atoms with E-state index in [9.17, 15) is 4.79 Å². The lowest BCUT2D eigenvalue weighted by Crippen LogP contribution is -2.43. The van der Waals surface area contributed by atoms with Gasteiger partial charge in [0, 0.05) is 32.6 Å². The molecule has 140 valence electrons. The molecule has 1 saturated heterocycles. The summed E-state index contributed by atoms with van der Waals surface area (Å²) in [6.07, 6.45) is 8.41. The van der Waals surface area contributed by atoms with Gasteiger partial charge in [0.25, 0.3) is 0 Å². The number of hydrogen-bond donors (Lipinski definition) is 1. The van der Waals surface area contributed by atoms with E-state index in [0.29, 0.717) is 38.6 Å². The van der Waals surface area contributed by atoms with Gasteiger partial charge in [0.1, 0.15) is 11.8 Å². The minimum Gasteiger partial charge on any atom is -0.378 e. The summed E-state index contributed by atoms with van der Waals surface area (Å²) in [6, 6.07) is 0.244. The molecule has 1 aliphatic heterocycles. The molecule has 0 bridgehead atoms. The third-order valence-electron chi connectivity index (χ3n) is 5.53. The zero-order valence-electron chi connectivity index (χ0n) is 15.2. The van der Waals surface area contributed by atoms with Crippen molar-refractivity contribution in [3.05, 3.63) is 12.7 Å². The number of anilines is 1. The summed E-state index contributed by atoms with van der Waals surface area (Å²) < 4.78 is 7.24. The van der Waals surface area contributed by atoms with Crippen LogP contribution in [0.3, 0.4) is 0 Å². The maximum atomic E-state index is 12.7. The molecule has 26 heavy (non-hydrogen) atoms. The van der Waals surface area contributed by atoms with Crippen molar-refractivity contribution in [3.63, 3.8) is 0 Å². The normalized spacial score (nSPS) is 24.0. The Bertz CT molecular complexity index is 770. The Morgan fingerprint density at radius 1 is 1.23 bits per heavy atom. The fraction of sp³-hybridized carbons (Fsp3) is 0.667. The summed E-state index contributed by atoms with van der Waals surface area (Å²) >= 11 is 0. The SMILES string of the molecule is Cn1cnc2c(N[C@H]3CCCC[C@H]3CC(=O)N3CCOCC3)ncnc21. The molecule has 2 fully saturated rings. The van der Waals surface area contributed by atoms with Crippen molar-refractivity contribution in [1.29, 1.82) is 0 Å². The van der Waals surface area contributed by atoms with Crippen molar-refractivity contribution >= 4 is 22.9 Å². The molecule has 8 heteroatoms. The second-order valence-corrected chi connectivity index (χ2v) is 7.24. The molecule has 0 aromatic carbocycles. The fourth-order valence-electron chi connectivity index (χ4n) is 4.03. The summed E-state index contributed by atoms with van der Waals surface area (Å²) in [7, 11) is 1.93. The van der Waals surface area contributed by atoms with Crippen molar-refractivity contribution in [2.75, 3.05) is 31.6 Å². The zero-order valence-corrected chi connectivity index (χ0v) is 15.2. The van der Waals surface area contributed by atoms with Crippen molar-refractivity contribution in [2.45, 2.75) is 38.1 Å². The predicted octanol–water partition coefficient (Wildman–Crippen LogP) is 1.58. The molecular formula is C18H26N6O2. The second kappa shape index (κ2) is 7.57. The van der Waals surface area contributed by atoms with Gasteiger partial charge in [-0.05, 0) is 18.8 Å². The number of amides is 1. The lowest BCUT2D eigenvalue weighted by molar-refractivity contribution is -0.136. The molecular weight excluding hydrogens is 332 g/mol. The second-order valence-electron chi connectivity index (χ2n) is 7.24. The van der Waals surface area contributed by atoms with Crippen LogP contribution in [0.25, 0.3) is 11.2 Å². The number of hydrogen-bond acceptors (Lipinski definition) is 6. The maximum Gasteiger partial charge on any atom is 0.223 e. The van der Waals surface area contributed by atoms with Gasteiger partial charge in [-0.1, -0.05) is 12.8 Å². The number of carbonyl (C=O) groups is 1. The van der Waals surface area contributed by atoms with Crippen LogP contribution in [0.15, 0.2) is 12.7 Å². The van der Waals surface area contributed by atoms with E-state index in [2.05, 4.69) is 20.3 Å². The number of carbonyl (C=O) groups excluding carboxylic acids is 1. The molecule has 1 saturated carbocycles. The molecule has 0 radical (unpaired) electrons. The average Bonchev–Trinajstić information content (AvgIpc) is 3.06. The monoisotopic (exact) mass is 358 g/mol. The minimum absolute atomic E-state index is 0.244. The van der Waals surface area contributed by atoms with Crippen LogP contribution in [0.4, 0.5) is 5.82 Å². The van der Waals surface area contributed by atoms with E-state index in [1.165, 1.54) is 12.8 Å². The number of aryl methyl sites for hydroxylation is 1. The van der Waals surface area contributed by atoms with E-state index in [1.54, 1.807) is 12.7 Å². The summed E-state index contributed by atoms with van der Waals surface area (Å²) in [5, 5.41) is 3.57. The Labute approximate surface area is 153 Å². The first kappa shape index (κ1) is 17.2. The predicted molar refractivity (Wildman–Crippen MR) is 97.7 cm³/mol. The Morgan fingerprint density at radius 3 is 2.88 bits per heavy atom. The van der Waals surface area contributed by atoms with Gasteiger partial charge < -0.3 is 19.5 Å². The highest BCUT2D eigenvalue weighted by atomic mass is 16.5. The van der Waals surface area contributed by atoms with Crippen LogP contribution in [0, 0.1) is 5.92 Å². The molecule has 1 aliphatic carbocycles. The summed E-state index contributed by atoms with van der Waals surface area (Å²) in [5.41, 5.74) is 1.61. The molecule has 2 aliphatic rings. The number of morpholine rings is 1. The molecule has 3 heterocycles. The van der Waals surface area contributed by atoms with E-state index in [4.69, 9.17) is 4.74 Å². The third-order valence-corrected chi connectivity index (χ3v) is 5.53. The van der Waals surface area contributed by atoms with Gasteiger partial charge in [0.15, 0.2) is 11.5 Å². The maximum absolute atomic E-state index is 12.7. The number of imidazole rings is 1. The topological polar surface area (TPSA) is 85.2 Å². The minimum atomic E-state index is 0.244. The molecule has 2 atom stereocenters. The van der Waals surface area contributed by atoms with Gasteiger partial charge in [-0.25, -0.2) is 15.0 Å². The van der Waals surface area contributed by atoms with Crippen molar-refractivity contribution in [3.8, 4) is 0 Å². The first-order chi connectivity index (χ1) is 12.7. The molecule has 1 amide bonds. The Hall–Kier alpha value is -2.22. The highest BCUT2D eigenvalue weighted by Gasteiger charge is 2.30. The largest absolute Gasteiger partial charge is 0.378 e. The van der Waals surface area contributed by atoms with E-state index in [-0.39, 0.29) is 11.9 Å². The van der Waals surface area contributed by atoms with Crippen LogP contribution >= 0.6 is 0 Å².